The molecule has 0 bridgehead atoms. The highest BCUT2D eigenvalue weighted by atomic mass is 35.5. The number of nitrogens with zero attached hydrogens (tertiary/aromatic N) is 1. The van der Waals surface area contributed by atoms with Gasteiger partial charge in [-0.3, -0.25) is 4.79 Å². The Bertz CT molecular complexity index is 660. The van der Waals surface area contributed by atoms with E-state index in [1.807, 2.05) is 0 Å². The topological polar surface area (TPSA) is 81.0 Å². The molecule has 1 aromatic carbocycles. The molecule has 1 aromatic heterocycles. The first-order chi connectivity index (χ1) is 9.13. The second-order valence-corrected chi connectivity index (χ2v) is 4.91. The largest absolute Gasteiger partial charge is 0.435 e. The maximum Gasteiger partial charge on any atom is 0.254 e. The Hall–Kier alpha value is -2.01. The Morgan fingerprint density at radius 3 is 2.89 bits per heavy atom. The van der Waals surface area contributed by atoms with Crippen LogP contribution < -0.4 is 16.0 Å². The van der Waals surface area contributed by atoms with E-state index in [9.17, 15) is 4.79 Å². The number of anilines is 1. The molecule has 1 saturated carbocycles. The molecule has 19 heavy (non-hydrogen) atoms. The molecule has 0 spiro atoms. The number of hydrogen-bond acceptors (Lipinski definition) is 4. The van der Waals surface area contributed by atoms with Gasteiger partial charge in [-0.2, -0.15) is 4.98 Å². The molecule has 0 saturated heterocycles. The predicted octanol–water partition coefficient (Wildman–Crippen LogP) is 2.68. The number of nitrogen functional groups attached to an aromatic ring is 1. The summed E-state index contributed by atoms with van der Waals surface area (Å²) in [6.45, 7) is 0. The number of halogens is 1. The minimum atomic E-state index is -0.238. The monoisotopic (exact) mass is 277 g/mol. The van der Waals surface area contributed by atoms with E-state index >= 15 is 0 Å². The smallest absolute Gasteiger partial charge is 0.254 e. The molecule has 3 N–H and O–H groups in total. The zero-order valence-electron chi connectivity index (χ0n) is 10.0. The summed E-state index contributed by atoms with van der Waals surface area (Å²) < 4.78 is 5.55. The third-order valence-electron chi connectivity index (χ3n) is 2.90. The fourth-order valence-electron chi connectivity index (χ4n) is 1.79. The maximum absolute atomic E-state index is 11.6. The van der Waals surface area contributed by atoms with Gasteiger partial charge < -0.3 is 15.5 Å². The van der Waals surface area contributed by atoms with E-state index in [-0.39, 0.29) is 11.4 Å². The lowest BCUT2D eigenvalue weighted by molar-refractivity contribution is 0.460. The van der Waals surface area contributed by atoms with Gasteiger partial charge in [-0.25, -0.2) is 0 Å². The number of H-pyrrole nitrogens is 1. The number of nitrogens with two attached hydrogens (primary N) is 1. The minimum Gasteiger partial charge on any atom is -0.435 e. The second kappa shape index (κ2) is 4.59. The van der Waals surface area contributed by atoms with Gasteiger partial charge in [-0.1, -0.05) is 17.7 Å². The molecular formula is C13H12ClN3O2. The summed E-state index contributed by atoms with van der Waals surface area (Å²) in [4.78, 5) is 18.6. The number of aromatic amines is 1. The standard InChI is InChI=1S/C13H12ClN3O2/c14-8-2-1-3-9(15)12(8)19-11-6-10(18)16-13(17-11)7-4-5-7/h1-3,6-7H,4-5,15H2,(H,16,17,18). The molecule has 0 unspecified atom stereocenters. The van der Waals surface area contributed by atoms with Crippen LogP contribution in [0, 0.1) is 0 Å². The van der Waals surface area contributed by atoms with Gasteiger partial charge in [0.1, 0.15) is 5.82 Å². The Balaban J connectivity index is 1.97. The number of hydrogen-bond donors (Lipinski definition) is 2. The van der Waals surface area contributed by atoms with Crippen molar-refractivity contribution in [2.45, 2.75) is 18.8 Å². The lowest BCUT2D eigenvalue weighted by atomic mass is 10.3. The minimum absolute atomic E-state index is 0.213. The van der Waals surface area contributed by atoms with Crippen molar-refractivity contribution in [3.05, 3.63) is 45.5 Å². The van der Waals surface area contributed by atoms with E-state index in [2.05, 4.69) is 9.97 Å². The molecule has 0 atom stereocenters. The molecule has 1 aliphatic carbocycles. The first kappa shape index (κ1) is 12.0. The zero-order valence-corrected chi connectivity index (χ0v) is 10.8. The molecule has 0 radical (unpaired) electrons. The molecule has 1 heterocycles. The Kier molecular flexibility index (Phi) is 2.91. The molecule has 1 fully saturated rings. The quantitative estimate of drug-likeness (QED) is 0.845. The highest BCUT2D eigenvalue weighted by molar-refractivity contribution is 6.32. The lowest BCUT2D eigenvalue weighted by Gasteiger charge is -2.09. The maximum atomic E-state index is 11.6. The fraction of sp³-hybridized carbons (Fsp3) is 0.231. The highest BCUT2D eigenvalue weighted by Gasteiger charge is 2.26. The van der Waals surface area contributed by atoms with Crippen LogP contribution in [-0.2, 0) is 0 Å². The summed E-state index contributed by atoms with van der Waals surface area (Å²) in [6.07, 6.45) is 2.08. The van der Waals surface area contributed by atoms with Crippen LogP contribution in [0.15, 0.2) is 29.1 Å². The second-order valence-electron chi connectivity index (χ2n) is 4.50. The SMILES string of the molecule is Nc1cccc(Cl)c1Oc1cc(=O)[nH]c(C2CC2)n1. The summed E-state index contributed by atoms with van der Waals surface area (Å²) in [6, 6.07) is 6.36. The molecule has 5 nitrogen and oxygen atoms in total. The molecule has 0 aliphatic heterocycles. The lowest BCUT2D eigenvalue weighted by Crippen LogP contribution is -2.10. The van der Waals surface area contributed by atoms with E-state index in [1.165, 1.54) is 6.07 Å². The molecule has 0 amide bonds. The third-order valence-corrected chi connectivity index (χ3v) is 3.20. The van der Waals surface area contributed by atoms with Gasteiger partial charge in [-0.05, 0) is 25.0 Å². The van der Waals surface area contributed by atoms with Gasteiger partial charge in [0.15, 0.2) is 5.75 Å². The van der Waals surface area contributed by atoms with E-state index in [4.69, 9.17) is 22.1 Å². The number of para-hydroxylation sites is 1. The fourth-order valence-corrected chi connectivity index (χ4v) is 2.01. The van der Waals surface area contributed by atoms with E-state index < -0.39 is 0 Å². The predicted molar refractivity (Wildman–Crippen MR) is 72.8 cm³/mol. The van der Waals surface area contributed by atoms with Gasteiger partial charge in [-0.15, -0.1) is 0 Å². The number of rotatable bonds is 3. The normalized spacial score (nSPS) is 14.4. The van der Waals surface area contributed by atoms with Crippen LogP contribution in [0.25, 0.3) is 0 Å². The van der Waals surface area contributed by atoms with E-state index in [1.54, 1.807) is 18.2 Å². The molecule has 98 valence electrons. The molecule has 6 heteroatoms. The Morgan fingerprint density at radius 2 is 2.21 bits per heavy atom. The van der Waals surface area contributed by atoms with Crippen molar-refractivity contribution in [1.82, 2.24) is 9.97 Å². The summed E-state index contributed by atoms with van der Waals surface area (Å²) in [5.74, 6) is 1.53. The summed E-state index contributed by atoms with van der Waals surface area (Å²) in [5.41, 5.74) is 5.96. The molecule has 1 aliphatic rings. The summed E-state index contributed by atoms with van der Waals surface area (Å²) in [5, 5.41) is 0.384. The molecular weight excluding hydrogens is 266 g/mol. The summed E-state index contributed by atoms with van der Waals surface area (Å²) in [7, 11) is 0. The zero-order chi connectivity index (χ0) is 13.4. The van der Waals surface area contributed by atoms with E-state index in [0.29, 0.717) is 28.2 Å². The van der Waals surface area contributed by atoms with Crippen LogP contribution in [0.5, 0.6) is 11.6 Å². The molecule has 3 rings (SSSR count). The van der Waals surface area contributed by atoms with Gasteiger partial charge in [0, 0.05) is 5.92 Å². The van der Waals surface area contributed by atoms with Crippen molar-refractivity contribution >= 4 is 17.3 Å². The number of nitrogens with one attached hydrogen (secondary N) is 1. The number of benzene rings is 1. The van der Waals surface area contributed by atoms with Crippen LogP contribution in [0.3, 0.4) is 0 Å². The van der Waals surface area contributed by atoms with Crippen LogP contribution in [0.2, 0.25) is 5.02 Å². The van der Waals surface area contributed by atoms with Crippen molar-refractivity contribution in [2.75, 3.05) is 5.73 Å². The van der Waals surface area contributed by atoms with Crippen molar-refractivity contribution < 1.29 is 4.74 Å². The Morgan fingerprint density at radius 1 is 1.42 bits per heavy atom. The average Bonchev–Trinajstić information content (AvgIpc) is 3.17. The van der Waals surface area contributed by atoms with Crippen LogP contribution >= 0.6 is 11.6 Å². The number of ether oxygens (including phenoxy) is 1. The summed E-state index contributed by atoms with van der Waals surface area (Å²) >= 11 is 6.02. The molecule has 2 aromatic rings. The van der Waals surface area contributed by atoms with Crippen LogP contribution in [-0.4, -0.2) is 9.97 Å². The van der Waals surface area contributed by atoms with Gasteiger partial charge >= 0.3 is 0 Å². The third kappa shape index (κ3) is 2.56. The number of aromatic nitrogens is 2. The van der Waals surface area contributed by atoms with Gasteiger partial charge in [0.25, 0.3) is 5.56 Å². The highest BCUT2D eigenvalue weighted by Crippen LogP contribution is 2.39. The van der Waals surface area contributed by atoms with Gasteiger partial charge in [0.2, 0.25) is 5.88 Å². The van der Waals surface area contributed by atoms with Gasteiger partial charge in [0.05, 0.1) is 16.8 Å². The van der Waals surface area contributed by atoms with Crippen molar-refractivity contribution in [3.63, 3.8) is 0 Å². The van der Waals surface area contributed by atoms with Crippen LogP contribution in [0.4, 0.5) is 5.69 Å². The Labute approximate surface area is 114 Å². The van der Waals surface area contributed by atoms with Crippen LogP contribution in [0.1, 0.15) is 24.6 Å². The van der Waals surface area contributed by atoms with E-state index in [0.717, 1.165) is 12.8 Å². The first-order valence-electron chi connectivity index (χ1n) is 5.96. The van der Waals surface area contributed by atoms with Crippen molar-refractivity contribution in [1.29, 1.82) is 0 Å². The van der Waals surface area contributed by atoms with Crippen molar-refractivity contribution in [3.8, 4) is 11.6 Å². The first-order valence-corrected chi connectivity index (χ1v) is 6.34. The van der Waals surface area contributed by atoms with Crippen molar-refractivity contribution in [2.24, 2.45) is 0 Å². The average molecular weight is 278 g/mol.